The van der Waals surface area contributed by atoms with Crippen LogP contribution in [0.5, 0.6) is 0 Å². The molecule has 4 rings (SSSR count). The fourth-order valence-electron chi connectivity index (χ4n) is 3.24. The summed E-state index contributed by atoms with van der Waals surface area (Å²) in [6.45, 7) is 1.01. The molecule has 0 spiro atoms. The van der Waals surface area contributed by atoms with Gasteiger partial charge in [0, 0.05) is 34.7 Å². The first kappa shape index (κ1) is 17.1. The molecule has 0 aliphatic carbocycles. The highest BCUT2D eigenvalue weighted by Gasteiger charge is 2.15. The minimum atomic E-state index is -0.266. The van der Waals surface area contributed by atoms with E-state index in [0.717, 1.165) is 24.4 Å². The lowest BCUT2D eigenvalue weighted by Crippen LogP contribution is -2.12. The molecule has 0 saturated heterocycles. The van der Waals surface area contributed by atoms with Gasteiger partial charge in [-0.3, -0.25) is 4.79 Å². The second-order valence-electron chi connectivity index (χ2n) is 6.34. The zero-order valence-corrected chi connectivity index (χ0v) is 15.5. The molecule has 1 aliphatic heterocycles. The Labute approximate surface area is 161 Å². The number of aromatic nitrogens is 2. The number of hydrogen-bond donors (Lipinski definition) is 1. The third kappa shape index (κ3) is 3.35. The molecular weight excluding hydrogens is 369 g/mol. The maximum absolute atomic E-state index is 12.4. The molecule has 6 heteroatoms. The van der Waals surface area contributed by atoms with E-state index in [4.69, 9.17) is 23.2 Å². The van der Waals surface area contributed by atoms with E-state index in [-0.39, 0.29) is 5.91 Å². The van der Waals surface area contributed by atoms with Gasteiger partial charge in [0.25, 0.3) is 5.91 Å². The van der Waals surface area contributed by atoms with Crippen LogP contribution in [0.2, 0.25) is 10.0 Å². The molecule has 1 N–H and O–H groups in total. The number of hydrogen-bond acceptors (Lipinski definition) is 2. The molecule has 3 aromatic rings. The highest BCUT2D eigenvalue weighted by molar-refractivity contribution is 6.37. The molecule has 0 unspecified atom stereocenters. The van der Waals surface area contributed by atoms with E-state index >= 15 is 0 Å². The molecule has 132 valence electrons. The Kier molecular flexibility index (Phi) is 4.70. The van der Waals surface area contributed by atoms with Crippen molar-refractivity contribution in [3.8, 4) is 11.4 Å². The molecule has 0 radical (unpaired) electrons. The van der Waals surface area contributed by atoms with Crippen LogP contribution in [-0.4, -0.2) is 15.5 Å². The Morgan fingerprint density at radius 3 is 2.65 bits per heavy atom. The number of halogens is 2. The normalized spacial score (nSPS) is 13.3. The molecule has 2 heterocycles. The summed E-state index contributed by atoms with van der Waals surface area (Å²) in [5, 5.41) is 3.69. The van der Waals surface area contributed by atoms with Crippen molar-refractivity contribution in [2.24, 2.45) is 0 Å². The second kappa shape index (κ2) is 7.14. The van der Waals surface area contributed by atoms with Crippen LogP contribution >= 0.6 is 23.2 Å². The fourth-order valence-corrected chi connectivity index (χ4v) is 3.74. The fraction of sp³-hybridized carbons (Fsp3) is 0.200. The first-order chi connectivity index (χ1) is 12.6. The summed E-state index contributed by atoms with van der Waals surface area (Å²) in [6, 6.07) is 12.5. The van der Waals surface area contributed by atoms with Crippen molar-refractivity contribution in [1.82, 2.24) is 9.55 Å². The van der Waals surface area contributed by atoms with Crippen LogP contribution in [0.1, 0.15) is 28.9 Å². The first-order valence-electron chi connectivity index (χ1n) is 8.53. The summed E-state index contributed by atoms with van der Waals surface area (Å²) >= 11 is 12.0. The molecule has 1 amide bonds. The van der Waals surface area contributed by atoms with Gasteiger partial charge in [0.1, 0.15) is 5.82 Å². The molecule has 26 heavy (non-hydrogen) atoms. The van der Waals surface area contributed by atoms with Gasteiger partial charge in [-0.05, 0) is 61.7 Å². The number of nitrogens with one attached hydrogen (secondary N) is 1. The number of fused-ring (bicyclic) bond motifs is 1. The van der Waals surface area contributed by atoms with Crippen molar-refractivity contribution in [2.45, 2.75) is 25.8 Å². The standard InChI is InChI=1S/C20H17Cl2N3O/c21-14-6-9-17(18(22)11-14)20(26)24-15-7-4-13(5-8-15)19-23-12-16-3-1-2-10-25(16)19/h4-9,11-12H,1-3,10H2,(H,24,26). The van der Waals surface area contributed by atoms with Gasteiger partial charge in [-0.15, -0.1) is 0 Å². The largest absolute Gasteiger partial charge is 0.328 e. The summed E-state index contributed by atoms with van der Waals surface area (Å²) in [6.07, 6.45) is 5.46. The van der Waals surface area contributed by atoms with Crippen LogP contribution < -0.4 is 5.32 Å². The molecule has 0 saturated carbocycles. The number of carbonyl (C=O) groups excluding carboxylic acids is 1. The van der Waals surface area contributed by atoms with E-state index in [9.17, 15) is 4.79 Å². The van der Waals surface area contributed by atoms with E-state index < -0.39 is 0 Å². The Morgan fingerprint density at radius 2 is 1.88 bits per heavy atom. The highest BCUT2D eigenvalue weighted by atomic mass is 35.5. The van der Waals surface area contributed by atoms with E-state index in [1.165, 1.54) is 18.5 Å². The number of imidazole rings is 1. The van der Waals surface area contributed by atoms with Crippen LogP contribution in [0.15, 0.2) is 48.7 Å². The molecule has 0 bridgehead atoms. The lowest BCUT2D eigenvalue weighted by atomic mass is 10.1. The van der Waals surface area contributed by atoms with Crippen LogP contribution in [-0.2, 0) is 13.0 Å². The number of rotatable bonds is 3. The summed E-state index contributed by atoms with van der Waals surface area (Å²) in [4.78, 5) is 17.0. The van der Waals surface area contributed by atoms with Crippen molar-refractivity contribution < 1.29 is 4.79 Å². The number of carbonyl (C=O) groups is 1. The Morgan fingerprint density at radius 1 is 1.08 bits per heavy atom. The van der Waals surface area contributed by atoms with Gasteiger partial charge >= 0.3 is 0 Å². The van der Waals surface area contributed by atoms with E-state index in [2.05, 4.69) is 14.9 Å². The predicted octanol–water partition coefficient (Wildman–Crippen LogP) is 5.45. The molecule has 0 atom stereocenters. The summed E-state index contributed by atoms with van der Waals surface area (Å²) in [5.74, 6) is 0.718. The topological polar surface area (TPSA) is 46.9 Å². The number of benzene rings is 2. The van der Waals surface area contributed by atoms with Gasteiger partial charge in [-0.1, -0.05) is 23.2 Å². The number of amides is 1. The van der Waals surface area contributed by atoms with Crippen molar-refractivity contribution in [1.29, 1.82) is 0 Å². The number of anilines is 1. The molecule has 2 aromatic carbocycles. The van der Waals surface area contributed by atoms with Crippen LogP contribution in [0.25, 0.3) is 11.4 Å². The average molecular weight is 386 g/mol. The van der Waals surface area contributed by atoms with Crippen molar-refractivity contribution in [3.63, 3.8) is 0 Å². The van der Waals surface area contributed by atoms with Crippen molar-refractivity contribution in [2.75, 3.05) is 5.32 Å². The third-order valence-electron chi connectivity index (χ3n) is 4.58. The quantitative estimate of drug-likeness (QED) is 0.651. The Balaban J connectivity index is 1.53. The van der Waals surface area contributed by atoms with E-state index in [1.807, 2.05) is 30.5 Å². The highest BCUT2D eigenvalue weighted by Crippen LogP contribution is 2.26. The minimum absolute atomic E-state index is 0.266. The van der Waals surface area contributed by atoms with Gasteiger partial charge in [-0.25, -0.2) is 4.98 Å². The van der Waals surface area contributed by atoms with Crippen molar-refractivity contribution >= 4 is 34.8 Å². The van der Waals surface area contributed by atoms with Gasteiger partial charge in [0.15, 0.2) is 0 Å². The second-order valence-corrected chi connectivity index (χ2v) is 7.18. The summed E-state index contributed by atoms with van der Waals surface area (Å²) < 4.78 is 2.28. The molecular formula is C20H17Cl2N3O. The van der Waals surface area contributed by atoms with Crippen LogP contribution in [0, 0.1) is 0 Å². The minimum Gasteiger partial charge on any atom is -0.328 e. The molecule has 1 aliphatic rings. The summed E-state index contributed by atoms with van der Waals surface area (Å²) in [7, 11) is 0. The lowest BCUT2D eigenvalue weighted by molar-refractivity contribution is 0.102. The zero-order chi connectivity index (χ0) is 18.1. The Hall–Kier alpha value is -2.30. The maximum atomic E-state index is 12.4. The molecule has 1 aromatic heterocycles. The third-order valence-corrected chi connectivity index (χ3v) is 5.13. The van der Waals surface area contributed by atoms with E-state index in [1.54, 1.807) is 18.2 Å². The monoisotopic (exact) mass is 385 g/mol. The number of nitrogens with zero attached hydrogens (tertiary/aromatic N) is 2. The van der Waals surface area contributed by atoms with Gasteiger partial charge in [0.2, 0.25) is 0 Å². The zero-order valence-electron chi connectivity index (χ0n) is 14.0. The van der Waals surface area contributed by atoms with E-state index in [0.29, 0.717) is 21.3 Å². The van der Waals surface area contributed by atoms with Crippen LogP contribution in [0.4, 0.5) is 5.69 Å². The lowest BCUT2D eigenvalue weighted by Gasteiger charge is -2.16. The smallest absolute Gasteiger partial charge is 0.257 e. The average Bonchev–Trinajstić information content (AvgIpc) is 3.06. The maximum Gasteiger partial charge on any atom is 0.257 e. The molecule has 0 fully saturated rings. The SMILES string of the molecule is O=C(Nc1ccc(-c2ncc3n2CCCC3)cc1)c1ccc(Cl)cc1Cl. The van der Waals surface area contributed by atoms with Gasteiger partial charge in [-0.2, -0.15) is 0 Å². The van der Waals surface area contributed by atoms with Gasteiger partial charge < -0.3 is 9.88 Å². The van der Waals surface area contributed by atoms with Crippen molar-refractivity contribution in [3.05, 3.63) is 70.0 Å². The number of aryl methyl sites for hydroxylation is 1. The summed E-state index contributed by atoms with van der Waals surface area (Å²) in [5.41, 5.74) is 3.43. The molecule has 4 nitrogen and oxygen atoms in total. The predicted molar refractivity (Wildman–Crippen MR) is 105 cm³/mol. The van der Waals surface area contributed by atoms with Crippen LogP contribution in [0.3, 0.4) is 0 Å². The van der Waals surface area contributed by atoms with Gasteiger partial charge in [0.05, 0.1) is 10.6 Å². The first-order valence-corrected chi connectivity index (χ1v) is 9.28. The Bertz CT molecular complexity index is 964.